The van der Waals surface area contributed by atoms with Gasteiger partial charge in [0.05, 0.1) is 12.1 Å². The van der Waals surface area contributed by atoms with E-state index in [0.717, 1.165) is 46.6 Å². The molecule has 0 fully saturated rings. The summed E-state index contributed by atoms with van der Waals surface area (Å²) in [5, 5.41) is 9.62. The van der Waals surface area contributed by atoms with Crippen molar-refractivity contribution in [2.24, 2.45) is 0 Å². The number of hydrogen-bond donors (Lipinski definition) is 1. The van der Waals surface area contributed by atoms with E-state index in [1.165, 1.54) is 32.1 Å². The van der Waals surface area contributed by atoms with Crippen LogP contribution >= 0.6 is 0 Å². The molecule has 3 rings (SSSR count). The molecule has 0 aliphatic heterocycles. The third-order valence-corrected chi connectivity index (χ3v) is 5.82. The van der Waals surface area contributed by atoms with E-state index in [1.54, 1.807) is 0 Å². The molecule has 0 saturated heterocycles. The van der Waals surface area contributed by atoms with Crippen molar-refractivity contribution >= 4 is 5.97 Å². The third kappa shape index (κ3) is 5.21. The molecule has 2 aromatic carbocycles. The minimum Gasteiger partial charge on any atom is -0.481 e. The topological polar surface area (TPSA) is 42.2 Å². The molecule has 30 heavy (non-hydrogen) atoms. The predicted molar refractivity (Wildman–Crippen MR) is 125 cm³/mol. The lowest BCUT2D eigenvalue weighted by atomic mass is 9.95. The Bertz CT molecular complexity index is 942. The molecule has 0 spiro atoms. The number of unbranched alkanes of at least 4 members (excludes halogenated alkanes) is 5. The van der Waals surface area contributed by atoms with E-state index in [-0.39, 0.29) is 6.42 Å². The van der Waals surface area contributed by atoms with Gasteiger partial charge in [-0.2, -0.15) is 0 Å². The van der Waals surface area contributed by atoms with Crippen molar-refractivity contribution in [3.05, 3.63) is 71.9 Å². The molecule has 158 valence electrons. The molecule has 0 aliphatic carbocycles. The van der Waals surface area contributed by atoms with Crippen LogP contribution in [0, 0.1) is 6.92 Å². The highest BCUT2D eigenvalue weighted by Crippen LogP contribution is 2.39. The van der Waals surface area contributed by atoms with E-state index < -0.39 is 5.97 Å². The van der Waals surface area contributed by atoms with Crippen LogP contribution in [0.3, 0.4) is 0 Å². The fraction of sp³-hybridized carbons (Fsp3) is 0.370. The summed E-state index contributed by atoms with van der Waals surface area (Å²) in [5.74, 6) is -0.786. The minimum absolute atomic E-state index is 0.0411. The summed E-state index contributed by atoms with van der Waals surface area (Å²) in [6.07, 6.45) is 7.49. The Hall–Kier alpha value is -2.81. The molecule has 0 amide bonds. The van der Waals surface area contributed by atoms with Crippen LogP contribution in [0.15, 0.2) is 60.7 Å². The standard InChI is InChI=1S/C27H33NO2/c1-3-4-5-6-7-14-19-28-21(2)24(20-25(29)30)26(22-15-10-8-11-16-22)27(28)23-17-12-9-13-18-23/h8-13,15-18H,3-7,14,19-20H2,1-2H3,(H,29,30). The first-order valence-electron chi connectivity index (χ1n) is 11.2. The molecule has 1 N–H and O–H groups in total. The van der Waals surface area contributed by atoms with Gasteiger partial charge in [-0.25, -0.2) is 0 Å². The summed E-state index contributed by atoms with van der Waals surface area (Å²) in [7, 11) is 0. The van der Waals surface area contributed by atoms with Crippen molar-refractivity contribution in [1.82, 2.24) is 4.57 Å². The summed E-state index contributed by atoms with van der Waals surface area (Å²) in [5.41, 5.74) is 6.43. The number of benzene rings is 2. The second kappa shape index (κ2) is 10.8. The number of nitrogens with zero attached hydrogens (tertiary/aromatic N) is 1. The second-order valence-corrected chi connectivity index (χ2v) is 8.01. The summed E-state index contributed by atoms with van der Waals surface area (Å²) >= 11 is 0. The number of aromatic nitrogens is 1. The van der Waals surface area contributed by atoms with Crippen LogP contribution < -0.4 is 0 Å². The van der Waals surface area contributed by atoms with Crippen LogP contribution in [-0.2, 0) is 17.8 Å². The molecule has 0 radical (unpaired) electrons. The number of carboxylic acid groups (broad SMARTS) is 1. The third-order valence-electron chi connectivity index (χ3n) is 5.82. The van der Waals surface area contributed by atoms with Crippen molar-refractivity contribution in [3.63, 3.8) is 0 Å². The molecule has 1 heterocycles. The van der Waals surface area contributed by atoms with E-state index in [0.29, 0.717) is 0 Å². The molecule has 3 heteroatoms. The Kier molecular flexibility index (Phi) is 7.89. The lowest BCUT2D eigenvalue weighted by Crippen LogP contribution is -2.05. The fourth-order valence-electron chi connectivity index (χ4n) is 4.30. The van der Waals surface area contributed by atoms with Crippen molar-refractivity contribution in [1.29, 1.82) is 0 Å². The van der Waals surface area contributed by atoms with Crippen molar-refractivity contribution in [3.8, 4) is 22.4 Å². The Balaban J connectivity index is 2.06. The number of aliphatic carboxylic acids is 1. The van der Waals surface area contributed by atoms with E-state index >= 15 is 0 Å². The summed E-state index contributed by atoms with van der Waals surface area (Å²) in [6, 6.07) is 20.6. The quantitative estimate of drug-likeness (QED) is 0.346. The molecule has 0 bridgehead atoms. The highest BCUT2D eigenvalue weighted by atomic mass is 16.4. The van der Waals surface area contributed by atoms with Gasteiger partial charge in [-0.3, -0.25) is 4.79 Å². The van der Waals surface area contributed by atoms with Gasteiger partial charge >= 0.3 is 5.97 Å². The van der Waals surface area contributed by atoms with Crippen LogP contribution in [-0.4, -0.2) is 15.6 Å². The highest BCUT2D eigenvalue weighted by Gasteiger charge is 2.23. The fourth-order valence-corrected chi connectivity index (χ4v) is 4.30. The lowest BCUT2D eigenvalue weighted by Gasteiger charge is -2.14. The van der Waals surface area contributed by atoms with Crippen LogP contribution in [0.25, 0.3) is 22.4 Å². The molecular weight excluding hydrogens is 370 g/mol. The zero-order chi connectivity index (χ0) is 21.3. The smallest absolute Gasteiger partial charge is 0.307 e. The first-order chi connectivity index (χ1) is 14.6. The average Bonchev–Trinajstić information content (AvgIpc) is 3.03. The molecule has 3 nitrogen and oxygen atoms in total. The van der Waals surface area contributed by atoms with Gasteiger partial charge < -0.3 is 9.67 Å². The Morgan fingerprint density at radius 2 is 1.40 bits per heavy atom. The van der Waals surface area contributed by atoms with Crippen LogP contribution in [0.1, 0.15) is 56.7 Å². The maximum Gasteiger partial charge on any atom is 0.307 e. The maximum absolute atomic E-state index is 11.7. The minimum atomic E-state index is -0.786. The van der Waals surface area contributed by atoms with Crippen LogP contribution in [0.2, 0.25) is 0 Å². The zero-order valence-corrected chi connectivity index (χ0v) is 18.2. The van der Waals surface area contributed by atoms with Gasteiger partial charge in [0.25, 0.3) is 0 Å². The van der Waals surface area contributed by atoms with Gasteiger partial charge in [-0.05, 0) is 30.0 Å². The number of carboxylic acids is 1. The lowest BCUT2D eigenvalue weighted by molar-refractivity contribution is -0.136. The maximum atomic E-state index is 11.7. The van der Waals surface area contributed by atoms with Crippen LogP contribution in [0.4, 0.5) is 0 Å². The van der Waals surface area contributed by atoms with E-state index in [2.05, 4.69) is 54.8 Å². The summed E-state index contributed by atoms with van der Waals surface area (Å²) < 4.78 is 2.36. The molecule has 1 aromatic heterocycles. The zero-order valence-electron chi connectivity index (χ0n) is 18.2. The van der Waals surface area contributed by atoms with Gasteiger partial charge in [-0.15, -0.1) is 0 Å². The first kappa shape index (κ1) is 21.9. The van der Waals surface area contributed by atoms with Gasteiger partial charge in [0.2, 0.25) is 0 Å². The number of rotatable bonds is 11. The highest BCUT2D eigenvalue weighted by molar-refractivity contribution is 5.88. The number of hydrogen-bond acceptors (Lipinski definition) is 1. The Labute approximate surface area is 180 Å². The van der Waals surface area contributed by atoms with Crippen molar-refractivity contribution < 1.29 is 9.90 Å². The van der Waals surface area contributed by atoms with Crippen molar-refractivity contribution in [2.45, 2.75) is 65.3 Å². The van der Waals surface area contributed by atoms with Gasteiger partial charge in [0, 0.05) is 17.8 Å². The van der Waals surface area contributed by atoms with Crippen LogP contribution in [0.5, 0.6) is 0 Å². The van der Waals surface area contributed by atoms with E-state index in [9.17, 15) is 9.90 Å². The van der Waals surface area contributed by atoms with E-state index in [1.807, 2.05) is 24.3 Å². The first-order valence-corrected chi connectivity index (χ1v) is 11.2. The van der Waals surface area contributed by atoms with E-state index in [4.69, 9.17) is 0 Å². The Morgan fingerprint density at radius 1 is 0.833 bits per heavy atom. The van der Waals surface area contributed by atoms with Gasteiger partial charge in [-0.1, -0.05) is 99.7 Å². The molecular formula is C27H33NO2. The monoisotopic (exact) mass is 403 g/mol. The van der Waals surface area contributed by atoms with Gasteiger partial charge in [0.15, 0.2) is 0 Å². The normalized spacial score (nSPS) is 11.0. The second-order valence-electron chi connectivity index (χ2n) is 8.01. The van der Waals surface area contributed by atoms with Crippen molar-refractivity contribution in [2.75, 3.05) is 0 Å². The molecule has 0 unspecified atom stereocenters. The molecule has 0 saturated carbocycles. The average molecular weight is 404 g/mol. The predicted octanol–water partition coefficient (Wildman–Crippen LogP) is 7.12. The number of carbonyl (C=O) groups is 1. The molecule has 0 atom stereocenters. The summed E-state index contributed by atoms with van der Waals surface area (Å²) in [4.78, 5) is 11.7. The summed E-state index contributed by atoms with van der Waals surface area (Å²) in [6.45, 7) is 5.24. The molecule has 3 aromatic rings. The molecule has 0 aliphatic rings. The SMILES string of the molecule is CCCCCCCCn1c(C)c(CC(=O)O)c(-c2ccccc2)c1-c1ccccc1. The van der Waals surface area contributed by atoms with Gasteiger partial charge in [0.1, 0.15) is 0 Å². The largest absolute Gasteiger partial charge is 0.481 e. The Morgan fingerprint density at radius 3 is 2.00 bits per heavy atom.